The van der Waals surface area contributed by atoms with E-state index in [1.807, 2.05) is 0 Å². The van der Waals surface area contributed by atoms with Crippen molar-refractivity contribution in [2.45, 2.75) is 53.9 Å². The SMILES string of the molecule is CC1=[C-]C(C)(C)C(C)=C1C.[Br-].[Br-].[CH2-]C1CCC2CC=CC=C12.[Hf+4]. The Morgan fingerprint density at radius 3 is 2.13 bits per heavy atom. The number of hydrogen-bond acceptors (Lipinski definition) is 0. The molecule has 126 valence electrons. The molecule has 23 heavy (non-hydrogen) atoms. The maximum atomic E-state index is 4.12. The minimum absolute atomic E-state index is 0. The Morgan fingerprint density at radius 1 is 1.13 bits per heavy atom. The quantitative estimate of drug-likeness (QED) is 0.266. The third kappa shape index (κ3) is 6.22. The minimum atomic E-state index is 0. The van der Waals surface area contributed by atoms with Gasteiger partial charge in [-0.15, -0.1) is 12.8 Å². The molecule has 0 saturated heterocycles. The van der Waals surface area contributed by atoms with E-state index < -0.39 is 0 Å². The van der Waals surface area contributed by atoms with Crippen LogP contribution in [0.4, 0.5) is 0 Å². The second-order valence-electron chi connectivity index (χ2n) is 6.93. The molecule has 3 heteroatoms. The van der Waals surface area contributed by atoms with Gasteiger partial charge in [0.15, 0.2) is 0 Å². The maximum Gasteiger partial charge on any atom is 4.00 e. The smallest absolute Gasteiger partial charge is 1.00 e. The Morgan fingerprint density at radius 2 is 1.74 bits per heavy atom. The van der Waals surface area contributed by atoms with Crippen LogP contribution in [0.2, 0.25) is 0 Å². The first kappa shape index (κ1) is 26.0. The molecule has 0 heterocycles. The number of hydrogen-bond donors (Lipinski definition) is 0. The summed E-state index contributed by atoms with van der Waals surface area (Å²) >= 11 is 0. The van der Waals surface area contributed by atoms with Crippen molar-refractivity contribution in [3.05, 3.63) is 53.5 Å². The first-order chi connectivity index (χ1) is 9.33. The van der Waals surface area contributed by atoms with Crippen LogP contribution in [0.3, 0.4) is 0 Å². The van der Waals surface area contributed by atoms with Crippen LogP contribution in [0.1, 0.15) is 53.9 Å². The van der Waals surface area contributed by atoms with Crippen molar-refractivity contribution in [1.82, 2.24) is 0 Å². The molecular weight excluding hydrogens is 579 g/mol. The summed E-state index contributed by atoms with van der Waals surface area (Å²) in [7, 11) is 0. The molecule has 0 aromatic rings. The van der Waals surface area contributed by atoms with Gasteiger partial charge in [-0.05, 0) is 18.8 Å². The predicted octanol–water partition coefficient (Wildman–Crippen LogP) is -0.149. The monoisotopic (exact) mass is 606 g/mol. The van der Waals surface area contributed by atoms with Crippen molar-refractivity contribution in [2.24, 2.45) is 17.3 Å². The summed E-state index contributed by atoms with van der Waals surface area (Å²) < 4.78 is 0. The first-order valence-corrected chi connectivity index (χ1v) is 7.82. The van der Waals surface area contributed by atoms with Crippen molar-refractivity contribution in [2.75, 3.05) is 0 Å². The van der Waals surface area contributed by atoms with Crippen molar-refractivity contribution in [1.29, 1.82) is 0 Å². The Labute approximate surface area is 183 Å². The van der Waals surface area contributed by atoms with Gasteiger partial charge in [0, 0.05) is 0 Å². The van der Waals surface area contributed by atoms with Gasteiger partial charge in [0.1, 0.15) is 0 Å². The van der Waals surface area contributed by atoms with Gasteiger partial charge in [-0.3, -0.25) is 6.08 Å². The molecule has 1 saturated carbocycles. The van der Waals surface area contributed by atoms with Crippen molar-refractivity contribution in [3.63, 3.8) is 0 Å². The van der Waals surface area contributed by atoms with Crippen molar-refractivity contribution < 1.29 is 59.8 Å². The molecule has 3 aliphatic carbocycles. The second-order valence-corrected chi connectivity index (χ2v) is 6.93. The Bertz CT molecular complexity index is 510. The molecular formula is C20H28Br2Hf. The van der Waals surface area contributed by atoms with E-state index in [-0.39, 0.29) is 65.2 Å². The summed E-state index contributed by atoms with van der Waals surface area (Å²) in [4.78, 5) is 0. The number of halogens is 2. The molecule has 0 nitrogen and oxygen atoms in total. The third-order valence-electron chi connectivity index (χ3n) is 5.21. The van der Waals surface area contributed by atoms with Gasteiger partial charge >= 0.3 is 25.8 Å². The van der Waals surface area contributed by atoms with E-state index in [0.717, 1.165) is 5.92 Å². The summed E-state index contributed by atoms with van der Waals surface area (Å²) in [6, 6.07) is 0. The molecule has 2 unspecified atom stereocenters. The Balaban J connectivity index is 0. The van der Waals surface area contributed by atoms with Gasteiger partial charge in [0.05, 0.1) is 0 Å². The average molecular weight is 607 g/mol. The summed E-state index contributed by atoms with van der Waals surface area (Å²) in [6.45, 7) is 15.0. The van der Waals surface area contributed by atoms with Crippen LogP contribution < -0.4 is 34.0 Å². The van der Waals surface area contributed by atoms with Crippen LogP contribution in [-0.2, 0) is 25.8 Å². The zero-order valence-corrected chi connectivity index (χ0v) is 21.7. The third-order valence-corrected chi connectivity index (χ3v) is 5.21. The molecule has 0 N–H and O–H groups in total. The zero-order valence-electron chi connectivity index (χ0n) is 15.0. The van der Waals surface area contributed by atoms with E-state index in [1.54, 1.807) is 5.57 Å². The van der Waals surface area contributed by atoms with Crippen molar-refractivity contribution in [3.8, 4) is 0 Å². The minimum Gasteiger partial charge on any atom is -1.00 e. The summed E-state index contributed by atoms with van der Waals surface area (Å²) in [5, 5.41) is 0. The van der Waals surface area contributed by atoms with Crippen molar-refractivity contribution >= 4 is 0 Å². The largest absolute Gasteiger partial charge is 4.00 e. The standard InChI is InChI=1S/C10H13.C10H15.2BrH.Hf/c1-8-6-7-9-4-2-3-5-10(8)9;1-7-6-10(4,5)9(3)8(7)2;;;/h2-3,5,8-9H,1,4,6-7H2;1-5H3;2*1H;/q2*-1;;;+4/p-2. The normalized spacial score (nSPS) is 26.5. The Hall–Kier alpha value is 0.790. The summed E-state index contributed by atoms with van der Waals surface area (Å²) in [6.07, 6.45) is 14.1. The molecule has 2 atom stereocenters. The number of rotatable bonds is 0. The van der Waals surface area contributed by atoms with Gasteiger partial charge in [-0.1, -0.05) is 63.3 Å². The summed E-state index contributed by atoms with van der Waals surface area (Å²) in [5.41, 5.74) is 5.99. The van der Waals surface area contributed by atoms with Gasteiger partial charge in [-0.25, -0.2) is 5.57 Å². The average Bonchev–Trinajstić information content (AvgIpc) is 2.86. The molecule has 0 aromatic carbocycles. The van der Waals surface area contributed by atoms with Gasteiger partial charge < -0.3 is 40.9 Å². The second kappa shape index (κ2) is 10.7. The maximum absolute atomic E-state index is 4.12. The van der Waals surface area contributed by atoms with E-state index in [4.69, 9.17) is 0 Å². The molecule has 0 aromatic heterocycles. The van der Waals surface area contributed by atoms with Crippen LogP contribution in [-0.4, -0.2) is 0 Å². The topological polar surface area (TPSA) is 0 Å². The van der Waals surface area contributed by atoms with E-state index >= 15 is 0 Å². The molecule has 1 fully saturated rings. The van der Waals surface area contributed by atoms with E-state index in [2.05, 4.69) is 65.8 Å². The fraction of sp³-hybridized carbons (Fsp3) is 0.550. The van der Waals surface area contributed by atoms with E-state index in [0.29, 0.717) is 5.92 Å². The number of fused-ring (bicyclic) bond motifs is 1. The molecule has 0 aliphatic heterocycles. The molecule has 0 bridgehead atoms. The molecule has 0 amide bonds. The first-order valence-electron chi connectivity index (χ1n) is 7.82. The van der Waals surface area contributed by atoms with Crippen LogP contribution in [0.5, 0.6) is 0 Å². The fourth-order valence-electron chi connectivity index (χ4n) is 3.42. The molecule has 0 radical (unpaired) electrons. The Kier molecular flexibility index (Phi) is 12.1. The van der Waals surface area contributed by atoms with Gasteiger partial charge in [-0.2, -0.15) is 11.1 Å². The van der Waals surface area contributed by atoms with Crippen LogP contribution in [0, 0.1) is 30.3 Å². The van der Waals surface area contributed by atoms with Gasteiger partial charge in [0.25, 0.3) is 0 Å². The fourth-order valence-corrected chi connectivity index (χ4v) is 3.42. The van der Waals surface area contributed by atoms with Crippen LogP contribution >= 0.6 is 0 Å². The predicted molar refractivity (Wildman–Crippen MR) is 88.0 cm³/mol. The van der Waals surface area contributed by atoms with Crippen LogP contribution in [0.15, 0.2) is 40.5 Å². The van der Waals surface area contributed by atoms with Crippen LogP contribution in [0.25, 0.3) is 0 Å². The zero-order chi connectivity index (χ0) is 14.9. The van der Waals surface area contributed by atoms with Gasteiger partial charge in [0.2, 0.25) is 0 Å². The molecule has 3 rings (SSSR count). The molecule has 3 aliphatic rings. The van der Waals surface area contributed by atoms with E-state index in [1.165, 1.54) is 36.0 Å². The molecule has 0 spiro atoms. The number of allylic oxidation sites excluding steroid dienone is 8. The summed E-state index contributed by atoms with van der Waals surface area (Å²) in [5.74, 6) is 1.47. The van der Waals surface area contributed by atoms with E-state index in [9.17, 15) is 0 Å².